The van der Waals surface area contributed by atoms with Gasteiger partial charge in [-0.2, -0.15) is 0 Å². The van der Waals surface area contributed by atoms with Crippen LogP contribution in [0, 0.1) is 0 Å². The topological polar surface area (TPSA) is 67.8 Å². The fraction of sp³-hybridized carbons (Fsp3) is 0.118. The van der Waals surface area contributed by atoms with Gasteiger partial charge in [0.1, 0.15) is 10.6 Å². The molecule has 0 aliphatic carbocycles. The molecular formula is C17H15F3N2O3S. The van der Waals surface area contributed by atoms with E-state index < -0.39 is 27.0 Å². The second kappa shape index (κ2) is 8.05. The number of hydrogen-bond acceptors (Lipinski definition) is 4. The third kappa shape index (κ3) is 5.92. The number of halogens is 3. The van der Waals surface area contributed by atoms with E-state index in [1.807, 2.05) is 0 Å². The minimum Gasteiger partial charge on any atom is -0.404 e. The van der Waals surface area contributed by atoms with Crippen LogP contribution in [0.3, 0.4) is 0 Å². The molecule has 0 atom stereocenters. The van der Waals surface area contributed by atoms with Crippen LogP contribution >= 0.6 is 0 Å². The van der Waals surface area contributed by atoms with E-state index in [1.54, 1.807) is 24.3 Å². The van der Waals surface area contributed by atoms with Gasteiger partial charge in [0.05, 0.1) is 6.54 Å². The number of nitrogens with zero attached hydrogens (tertiary/aromatic N) is 1. The highest BCUT2D eigenvalue weighted by atomic mass is 32.2. The number of hydrogen-bond donors (Lipinski definition) is 1. The van der Waals surface area contributed by atoms with Crippen molar-refractivity contribution in [1.82, 2.24) is 4.72 Å². The van der Waals surface area contributed by atoms with Gasteiger partial charge in [0, 0.05) is 11.9 Å². The van der Waals surface area contributed by atoms with Crippen LogP contribution in [0.4, 0.5) is 13.2 Å². The van der Waals surface area contributed by atoms with E-state index in [0.717, 1.165) is 12.1 Å². The molecule has 0 saturated carbocycles. The Bertz CT molecular complexity index is 898. The monoisotopic (exact) mass is 384 g/mol. The second-order valence-electron chi connectivity index (χ2n) is 5.07. The molecule has 5 nitrogen and oxygen atoms in total. The zero-order valence-electron chi connectivity index (χ0n) is 13.4. The fourth-order valence-electron chi connectivity index (χ4n) is 1.95. The highest BCUT2D eigenvalue weighted by Crippen LogP contribution is 2.29. The average Bonchev–Trinajstić information content (AvgIpc) is 2.53. The SMILES string of the molecule is C=C1C=CC=NCC(NS(=O)(=O)c2ccccc2OC(F)(F)F)=CC=C1. The molecule has 1 N–H and O–H groups in total. The highest BCUT2D eigenvalue weighted by molar-refractivity contribution is 7.89. The minimum absolute atomic E-state index is 0.0112. The first-order valence-corrected chi connectivity index (χ1v) is 8.76. The molecule has 1 aromatic carbocycles. The third-order valence-electron chi connectivity index (χ3n) is 3.00. The standard InChI is InChI=1S/C17H15F3N2O3S/c1-13-6-4-8-14(12-21-11-5-7-13)22-26(23,24)16-10-3-2-9-15(16)25-17(18,19)20/h2-11,22H,1,12H2. The summed E-state index contributed by atoms with van der Waals surface area (Å²) < 4.78 is 68.6. The van der Waals surface area contributed by atoms with E-state index in [0.29, 0.717) is 5.57 Å². The van der Waals surface area contributed by atoms with Crippen molar-refractivity contribution in [3.63, 3.8) is 0 Å². The quantitative estimate of drug-likeness (QED) is 0.864. The summed E-state index contributed by atoms with van der Waals surface area (Å²) in [5.41, 5.74) is 0.836. The molecule has 1 aliphatic rings. The summed E-state index contributed by atoms with van der Waals surface area (Å²) in [6.07, 6.45) is 4.46. The number of aliphatic imine (C=N–C) groups is 1. The number of rotatable bonds is 4. The average molecular weight is 384 g/mol. The molecule has 0 saturated heterocycles. The molecule has 138 valence electrons. The summed E-state index contributed by atoms with van der Waals surface area (Å²) in [6, 6.07) is 4.49. The zero-order chi connectivity index (χ0) is 19.2. The Labute approximate surface area is 148 Å². The van der Waals surface area contributed by atoms with Crippen molar-refractivity contribution in [3.05, 3.63) is 72.5 Å². The largest absolute Gasteiger partial charge is 0.573 e. The van der Waals surface area contributed by atoms with E-state index in [-0.39, 0.29) is 12.2 Å². The normalized spacial score (nSPS) is 15.5. The Morgan fingerprint density at radius 1 is 1.15 bits per heavy atom. The van der Waals surface area contributed by atoms with Crippen molar-refractivity contribution in [2.45, 2.75) is 11.3 Å². The van der Waals surface area contributed by atoms with Crippen LogP contribution < -0.4 is 9.46 Å². The van der Waals surface area contributed by atoms with Gasteiger partial charge in [-0.15, -0.1) is 13.2 Å². The predicted molar refractivity (Wildman–Crippen MR) is 92.3 cm³/mol. The maximum Gasteiger partial charge on any atom is 0.573 e. The van der Waals surface area contributed by atoms with Crippen LogP contribution in [0.2, 0.25) is 0 Å². The van der Waals surface area contributed by atoms with Crippen LogP contribution in [0.1, 0.15) is 0 Å². The molecule has 0 bridgehead atoms. The minimum atomic E-state index is -5.01. The Balaban J connectivity index is 2.32. The van der Waals surface area contributed by atoms with Crippen LogP contribution in [0.5, 0.6) is 5.75 Å². The van der Waals surface area contributed by atoms with Crippen LogP contribution in [-0.4, -0.2) is 27.5 Å². The third-order valence-corrected chi connectivity index (χ3v) is 4.45. The Morgan fingerprint density at radius 2 is 1.85 bits per heavy atom. The summed E-state index contributed by atoms with van der Waals surface area (Å²) in [5.74, 6) is -0.816. The van der Waals surface area contributed by atoms with Gasteiger partial charge >= 0.3 is 6.36 Å². The Hall–Kier alpha value is -2.81. The number of allylic oxidation sites excluding steroid dienone is 6. The van der Waals surface area contributed by atoms with Gasteiger partial charge in [-0.3, -0.25) is 9.71 Å². The van der Waals surface area contributed by atoms with E-state index in [2.05, 4.69) is 21.0 Å². The van der Waals surface area contributed by atoms with Gasteiger partial charge in [-0.25, -0.2) is 8.42 Å². The number of ether oxygens (including phenoxy) is 1. The summed E-state index contributed by atoms with van der Waals surface area (Å²) in [7, 11) is -4.32. The van der Waals surface area contributed by atoms with Crippen molar-refractivity contribution in [1.29, 1.82) is 0 Å². The predicted octanol–water partition coefficient (Wildman–Crippen LogP) is 3.50. The van der Waals surface area contributed by atoms with Crippen molar-refractivity contribution in [3.8, 4) is 5.75 Å². The molecule has 0 spiro atoms. The Kier molecular flexibility index (Phi) is 6.04. The first kappa shape index (κ1) is 19.5. The number of sulfonamides is 1. The second-order valence-corrected chi connectivity index (χ2v) is 6.73. The molecule has 0 unspecified atom stereocenters. The molecule has 1 aromatic rings. The molecule has 0 radical (unpaired) electrons. The van der Waals surface area contributed by atoms with E-state index in [4.69, 9.17) is 0 Å². The maximum absolute atomic E-state index is 12.5. The summed E-state index contributed by atoms with van der Waals surface area (Å²) in [4.78, 5) is 3.38. The first-order valence-electron chi connectivity index (χ1n) is 7.28. The molecule has 1 heterocycles. The number of benzene rings is 1. The highest BCUT2D eigenvalue weighted by Gasteiger charge is 2.34. The lowest BCUT2D eigenvalue weighted by molar-refractivity contribution is -0.275. The molecule has 9 heteroatoms. The van der Waals surface area contributed by atoms with Crippen LogP contribution in [-0.2, 0) is 10.0 Å². The molecule has 2 rings (SSSR count). The number of nitrogens with one attached hydrogen (secondary N) is 1. The lowest BCUT2D eigenvalue weighted by Gasteiger charge is -2.15. The molecule has 0 aromatic heterocycles. The van der Waals surface area contributed by atoms with Gasteiger partial charge in [0.2, 0.25) is 0 Å². The molecule has 26 heavy (non-hydrogen) atoms. The first-order chi connectivity index (χ1) is 12.2. The number of alkyl halides is 3. The van der Waals surface area contributed by atoms with Crippen molar-refractivity contribution < 1.29 is 26.3 Å². The lowest BCUT2D eigenvalue weighted by atomic mass is 10.2. The smallest absolute Gasteiger partial charge is 0.404 e. The van der Waals surface area contributed by atoms with Gasteiger partial charge in [-0.05, 0) is 29.9 Å². The van der Waals surface area contributed by atoms with Gasteiger partial charge < -0.3 is 4.74 Å². The zero-order valence-corrected chi connectivity index (χ0v) is 14.2. The number of para-hydroxylation sites is 1. The van der Waals surface area contributed by atoms with Gasteiger partial charge in [0.15, 0.2) is 0 Å². The Morgan fingerprint density at radius 3 is 2.58 bits per heavy atom. The summed E-state index contributed by atoms with van der Waals surface area (Å²) in [5, 5.41) is 0. The molecular weight excluding hydrogens is 369 g/mol. The van der Waals surface area contributed by atoms with Crippen molar-refractivity contribution in [2.75, 3.05) is 6.54 Å². The molecule has 0 fully saturated rings. The van der Waals surface area contributed by atoms with Gasteiger partial charge in [0.25, 0.3) is 10.0 Å². The van der Waals surface area contributed by atoms with Crippen molar-refractivity contribution >= 4 is 16.2 Å². The van der Waals surface area contributed by atoms with E-state index in [1.165, 1.54) is 24.4 Å². The summed E-state index contributed by atoms with van der Waals surface area (Å²) >= 11 is 0. The van der Waals surface area contributed by atoms with E-state index >= 15 is 0 Å². The molecule has 1 aliphatic heterocycles. The molecule has 0 amide bonds. The summed E-state index contributed by atoms with van der Waals surface area (Å²) in [6.45, 7) is 3.74. The van der Waals surface area contributed by atoms with Crippen LogP contribution in [0.25, 0.3) is 0 Å². The fourth-order valence-corrected chi connectivity index (χ4v) is 3.17. The van der Waals surface area contributed by atoms with Gasteiger partial charge in [-0.1, -0.05) is 36.9 Å². The van der Waals surface area contributed by atoms with Crippen LogP contribution in [0.15, 0.2) is 82.4 Å². The maximum atomic E-state index is 12.5. The van der Waals surface area contributed by atoms with E-state index in [9.17, 15) is 21.6 Å². The van der Waals surface area contributed by atoms with Crippen molar-refractivity contribution in [2.24, 2.45) is 4.99 Å². The lowest BCUT2D eigenvalue weighted by Crippen LogP contribution is -2.26.